The molecule has 5 N–H and O–H groups in total. The van der Waals surface area contributed by atoms with Crippen LogP contribution < -0.4 is 10.1 Å². The predicted octanol–water partition coefficient (Wildman–Crippen LogP) is 6.73. The fraction of sp³-hybridized carbons (Fsp3) is 0.361. The lowest BCUT2D eigenvalue weighted by molar-refractivity contribution is -0.124. The van der Waals surface area contributed by atoms with Crippen molar-refractivity contribution in [1.29, 1.82) is 0 Å². The molecule has 0 amide bonds. The van der Waals surface area contributed by atoms with E-state index in [1.165, 1.54) is 7.11 Å². The number of phenolic OH excluding ortho intramolecular Hbond substituents is 3. The number of nitrogens with one attached hydrogen (secondary N) is 1. The fourth-order valence-electron chi connectivity index (χ4n) is 5.92. The highest BCUT2D eigenvalue weighted by Gasteiger charge is 2.24. The number of phenols is 3. The minimum Gasteiger partial charge on any atom is -0.508 e. The molecular weight excluding hydrogens is 623 g/mol. The van der Waals surface area contributed by atoms with Gasteiger partial charge in [0.1, 0.15) is 23.5 Å². The second kappa shape index (κ2) is 15.9. The van der Waals surface area contributed by atoms with Crippen LogP contribution in [0.3, 0.4) is 0 Å². The number of hydrogen-bond acceptors (Lipinski definition) is 10. The van der Waals surface area contributed by atoms with E-state index in [-0.39, 0.29) is 42.1 Å². The van der Waals surface area contributed by atoms with E-state index >= 15 is 0 Å². The molecule has 4 aromatic rings. The molecule has 1 aliphatic heterocycles. The maximum atomic E-state index is 13.5. The van der Waals surface area contributed by atoms with Crippen molar-refractivity contribution < 1.29 is 34.7 Å². The summed E-state index contributed by atoms with van der Waals surface area (Å²) in [5, 5.41) is 46.8. The molecule has 1 heterocycles. The van der Waals surface area contributed by atoms with Crippen molar-refractivity contribution in [3.8, 4) is 34.1 Å². The Morgan fingerprint density at radius 1 is 0.935 bits per heavy atom. The Kier molecular flexibility index (Phi) is 11.8. The van der Waals surface area contributed by atoms with Crippen molar-refractivity contribution in [3.05, 3.63) is 83.4 Å². The number of aryl methyl sites for hydroxylation is 1. The third-order valence-electron chi connectivity index (χ3n) is 8.35. The summed E-state index contributed by atoms with van der Waals surface area (Å²) in [6.45, 7) is 0. The van der Waals surface area contributed by atoms with E-state index in [0.29, 0.717) is 42.9 Å². The number of fused-ring (bicyclic) bond motifs is 5. The lowest BCUT2D eigenvalue weighted by Crippen LogP contribution is -2.36. The van der Waals surface area contributed by atoms with Gasteiger partial charge in [-0.1, -0.05) is 58.0 Å². The largest absolute Gasteiger partial charge is 0.508 e. The number of aromatic hydroxyl groups is 3. The van der Waals surface area contributed by atoms with E-state index in [4.69, 9.17) is 9.47 Å². The number of rotatable bonds is 6. The number of ether oxygens (including phenoxy) is 2. The maximum Gasteiger partial charge on any atom is 0.168 e. The summed E-state index contributed by atoms with van der Waals surface area (Å²) in [5.74, 6) is 1.83. The molecular formula is C36H41NO7S2. The molecule has 0 saturated heterocycles. The summed E-state index contributed by atoms with van der Waals surface area (Å²) in [6, 6.07) is 19.7. The number of Topliss-reactive ketones (excluding diaryl/α,β-unsaturated/α-hetero) is 1. The molecule has 8 nitrogen and oxygen atoms in total. The van der Waals surface area contributed by atoms with Crippen molar-refractivity contribution >= 4 is 38.1 Å². The van der Waals surface area contributed by atoms with Crippen LogP contribution >= 0.6 is 21.6 Å². The van der Waals surface area contributed by atoms with Gasteiger partial charge >= 0.3 is 0 Å². The van der Waals surface area contributed by atoms with Crippen molar-refractivity contribution in [2.24, 2.45) is 0 Å². The van der Waals surface area contributed by atoms with Gasteiger partial charge in [0, 0.05) is 36.3 Å². The molecule has 4 aromatic carbocycles. The van der Waals surface area contributed by atoms with E-state index in [9.17, 15) is 25.2 Å². The van der Waals surface area contributed by atoms with Crippen LogP contribution in [0.15, 0.2) is 66.7 Å². The Labute approximate surface area is 277 Å². The normalized spacial score (nSPS) is 18.9. The quantitative estimate of drug-likeness (QED) is 0.112. The summed E-state index contributed by atoms with van der Waals surface area (Å²) in [5.41, 5.74) is 4.43. The summed E-state index contributed by atoms with van der Waals surface area (Å²) in [6.07, 6.45) is 1.15. The van der Waals surface area contributed by atoms with Crippen LogP contribution in [0.4, 0.5) is 0 Å². The smallest absolute Gasteiger partial charge is 0.168 e. The zero-order valence-electron chi connectivity index (χ0n) is 26.1. The molecule has 0 aromatic heterocycles. The van der Waals surface area contributed by atoms with Crippen molar-refractivity contribution in [1.82, 2.24) is 5.32 Å². The van der Waals surface area contributed by atoms with E-state index in [0.717, 1.165) is 38.6 Å². The summed E-state index contributed by atoms with van der Waals surface area (Å²) < 4.78 is 12.2. The number of ketones is 1. The van der Waals surface area contributed by atoms with Crippen molar-refractivity contribution in [3.63, 3.8) is 0 Å². The Morgan fingerprint density at radius 2 is 1.70 bits per heavy atom. The molecule has 0 aliphatic carbocycles. The third kappa shape index (κ3) is 8.49. The summed E-state index contributed by atoms with van der Waals surface area (Å²) >= 11 is 0. The molecule has 1 aliphatic rings. The number of benzene rings is 4. The predicted molar refractivity (Wildman–Crippen MR) is 186 cm³/mol. The number of methoxy groups -OCH3 is 1. The number of carbonyl (C=O) groups is 1. The van der Waals surface area contributed by atoms with Gasteiger partial charge in [0.15, 0.2) is 11.5 Å². The molecule has 0 bridgehead atoms. The monoisotopic (exact) mass is 663 g/mol. The van der Waals surface area contributed by atoms with Crippen molar-refractivity contribution in [2.45, 2.75) is 62.7 Å². The lowest BCUT2D eigenvalue weighted by atomic mass is 9.89. The minimum absolute atomic E-state index is 0.00860. The molecule has 5 rings (SSSR count). The van der Waals surface area contributed by atoms with Gasteiger partial charge in [0.25, 0.3) is 0 Å². The Hall–Kier alpha value is -3.41. The molecule has 0 fully saturated rings. The molecule has 0 radical (unpaired) electrons. The van der Waals surface area contributed by atoms with Gasteiger partial charge in [0.05, 0.1) is 19.3 Å². The number of aliphatic hydroxyl groups is 1. The van der Waals surface area contributed by atoms with Gasteiger partial charge < -0.3 is 29.9 Å². The standard InChI is InChI=1S/C36H41NO7S2/c1-37-34(17-22-3-9-25(38)10-4-22)44-29-14-13-28(41)20-45-46-21-32-30(15-7-23-5-11-27(40)19-31(23)32)35-24(6-12-26(39)18-29)8-16-33(42)36(35)43-2/h3-5,7-11,15-16,19,28-29,34,37-38,40-42H,6,12-14,17-18,20-21H2,1-2H3. The average Bonchev–Trinajstić information content (AvgIpc) is 3.05. The Bertz CT molecular complexity index is 1650. The molecule has 46 heavy (non-hydrogen) atoms. The van der Waals surface area contributed by atoms with Gasteiger partial charge in [-0.05, 0) is 89.7 Å². The number of carbonyl (C=O) groups excluding carboxylic acids is 1. The molecule has 10 heteroatoms. The molecule has 3 unspecified atom stereocenters. The number of likely N-dealkylation sites (N-methyl/N-ethyl adjacent to an activating group) is 1. The van der Waals surface area contributed by atoms with E-state index < -0.39 is 12.2 Å². The zero-order valence-corrected chi connectivity index (χ0v) is 27.7. The Morgan fingerprint density at radius 3 is 2.46 bits per heavy atom. The highest BCUT2D eigenvalue weighted by atomic mass is 33.1. The number of aliphatic hydroxyl groups excluding tert-OH is 1. The molecule has 3 atom stereocenters. The fourth-order valence-corrected chi connectivity index (χ4v) is 8.21. The van der Waals surface area contributed by atoms with Crippen LogP contribution in [-0.2, 0) is 28.1 Å². The topological polar surface area (TPSA) is 128 Å². The van der Waals surface area contributed by atoms with Crippen LogP contribution in [0, 0.1) is 0 Å². The second-order valence-corrected chi connectivity index (χ2v) is 14.1. The average molecular weight is 664 g/mol. The van der Waals surface area contributed by atoms with E-state index in [2.05, 4.69) is 5.32 Å². The first-order chi connectivity index (χ1) is 22.2. The van der Waals surface area contributed by atoms with Crippen LogP contribution in [0.1, 0.15) is 42.4 Å². The minimum atomic E-state index is -0.578. The first-order valence-electron chi connectivity index (χ1n) is 15.4. The SMILES string of the molecule is CNC(Cc1ccc(O)cc1)OC1CCC(O)CSSCc2c(ccc3ccc(O)cc23)-c2c(ccc(O)c2OC)CCC(=O)C1. The van der Waals surface area contributed by atoms with Gasteiger partial charge in [-0.3, -0.25) is 10.1 Å². The second-order valence-electron chi connectivity index (χ2n) is 11.6. The van der Waals surface area contributed by atoms with Gasteiger partial charge in [-0.25, -0.2) is 0 Å². The first-order valence-corrected chi connectivity index (χ1v) is 17.9. The molecule has 0 saturated carbocycles. The maximum absolute atomic E-state index is 13.5. The highest BCUT2D eigenvalue weighted by molar-refractivity contribution is 8.76. The van der Waals surface area contributed by atoms with E-state index in [1.807, 2.05) is 43.4 Å². The van der Waals surface area contributed by atoms with Gasteiger partial charge in [-0.2, -0.15) is 0 Å². The summed E-state index contributed by atoms with van der Waals surface area (Å²) in [7, 11) is 6.54. The molecule has 244 valence electrons. The summed E-state index contributed by atoms with van der Waals surface area (Å²) in [4.78, 5) is 13.5. The highest BCUT2D eigenvalue weighted by Crippen LogP contribution is 2.45. The molecule has 0 spiro atoms. The Balaban J connectivity index is 1.46. The van der Waals surface area contributed by atoms with E-state index in [1.54, 1.807) is 51.9 Å². The van der Waals surface area contributed by atoms with Crippen LogP contribution in [0.2, 0.25) is 0 Å². The third-order valence-corrected chi connectivity index (χ3v) is 10.7. The van der Waals surface area contributed by atoms with Crippen molar-refractivity contribution in [2.75, 3.05) is 19.9 Å². The van der Waals surface area contributed by atoms with Gasteiger partial charge in [0.2, 0.25) is 0 Å². The van der Waals surface area contributed by atoms with Crippen LogP contribution in [-0.4, -0.2) is 64.6 Å². The van der Waals surface area contributed by atoms with Crippen LogP contribution in [0.25, 0.3) is 21.9 Å². The van der Waals surface area contributed by atoms with Gasteiger partial charge in [-0.15, -0.1) is 0 Å². The van der Waals surface area contributed by atoms with Crippen LogP contribution in [0.5, 0.6) is 23.0 Å². The lowest BCUT2D eigenvalue weighted by Gasteiger charge is -2.26. The zero-order chi connectivity index (χ0) is 32.6. The first kappa shape index (κ1) is 33.9. The number of hydrogen-bond donors (Lipinski definition) is 5.